The zero-order valence-corrected chi connectivity index (χ0v) is 13.1. The average Bonchev–Trinajstić information content (AvgIpc) is 2.41. The maximum absolute atomic E-state index is 5.76. The molecule has 1 aliphatic rings. The van der Waals surface area contributed by atoms with Gasteiger partial charge < -0.3 is 19.0 Å². The summed E-state index contributed by atoms with van der Waals surface area (Å²) < 4.78 is 16.9. The number of hydrogen-bond donors (Lipinski definition) is 1. The van der Waals surface area contributed by atoms with E-state index in [1.807, 2.05) is 0 Å². The Kier molecular flexibility index (Phi) is 6.52. The average molecular weight is 273 g/mol. The van der Waals surface area contributed by atoms with Crippen LogP contribution in [0.1, 0.15) is 39.0 Å². The first kappa shape index (κ1) is 15.9. The molecule has 106 valence electrons. The molecule has 1 aliphatic carbocycles. The van der Waals surface area contributed by atoms with Gasteiger partial charge in [-0.05, 0) is 38.1 Å². The molecule has 0 aromatic heterocycles. The van der Waals surface area contributed by atoms with Gasteiger partial charge in [-0.1, -0.05) is 18.9 Å². The minimum Gasteiger partial charge on any atom is -0.374 e. The van der Waals surface area contributed by atoms with Crippen LogP contribution in [0.4, 0.5) is 0 Å². The zero-order chi connectivity index (χ0) is 13.6. The van der Waals surface area contributed by atoms with Crippen LogP contribution in [0, 0.1) is 5.92 Å². The predicted molar refractivity (Wildman–Crippen MR) is 75.1 cm³/mol. The minimum absolute atomic E-state index is 0.590. The van der Waals surface area contributed by atoms with Crippen molar-refractivity contribution in [2.75, 3.05) is 27.9 Å². The van der Waals surface area contributed by atoms with Crippen LogP contribution in [0.5, 0.6) is 0 Å². The summed E-state index contributed by atoms with van der Waals surface area (Å²) >= 11 is 0. The molecular weight excluding hydrogens is 246 g/mol. The molecule has 4 nitrogen and oxygen atoms in total. The van der Waals surface area contributed by atoms with Crippen LogP contribution < -0.4 is 5.73 Å². The van der Waals surface area contributed by atoms with Gasteiger partial charge in [0.1, 0.15) is 0 Å². The highest BCUT2D eigenvalue weighted by Gasteiger charge is 2.44. The maximum Gasteiger partial charge on any atom is 0.532 e. The van der Waals surface area contributed by atoms with Crippen LogP contribution in [0.25, 0.3) is 0 Å². The van der Waals surface area contributed by atoms with Gasteiger partial charge in [-0.25, -0.2) is 0 Å². The molecule has 0 aliphatic heterocycles. The Bertz CT molecular complexity index is 282. The van der Waals surface area contributed by atoms with Crippen molar-refractivity contribution in [3.8, 4) is 0 Å². The van der Waals surface area contributed by atoms with Crippen molar-refractivity contribution in [3.63, 3.8) is 0 Å². The Hall–Kier alpha value is -0.203. The van der Waals surface area contributed by atoms with Crippen LogP contribution in [-0.2, 0) is 13.3 Å². The van der Waals surface area contributed by atoms with Crippen LogP contribution in [0.3, 0.4) is 0 Å². The van der Waals surface area contributed by atoms with Gasteiger partial charge >= 0.3 is 8.80 Å². The van der Waals surface area contributed by atoms with Crippen molar-refractivity contribution < 1.29 is 13.3 Å². The smallest absolute Gasteiger partial charge is 0.374 e. The lowest BCUT2D eigenvalue weighted by Gasteiger charge is -2.33. The maximum atomic E-state index is 5.76. The SMILES string of the molecule is CO[Si](OC)(OC)C(CCN)=C1CCCCC1C. The van der Waals surface area contributed by atoms with E-state index in [1.54, 1.807) is 21.3 Å². The lowest BCUT2D eigenvalue weighted by Crippen LogP contribution is -2.47. The molecule has 0 saturated heterocycles. The molecule has 0 spiro atoms. The van der Waals surface area contributed by atoms with E-state index >= 15 is 0 Å². The highest BCUT2D eigenvalue weighted by Crippen LogP contribution is 2.36. The van der Waals surface area contributed by atoms with E-state index in [0.717, 1.165) is 12.8 Å². The third-order valence-electron chi connectivity index (χ3n) is 3.89. The fourth-order valence-electron chi connectivity index (χ4n) is 2.91. The molecule has 0 aromatic rings. The van der Waals surface area contributed by atoms with Crippen LogP contribution in [0.2, 0.25) is 0 Å². The molecule has 0 bridgehead atoms. The molecule has 18 heavy (non-hydrogen) atoms. The first-order valence-electron chi connectivity index (χ1n) is 6.73. The molecule has 1 saturated carbocycles. The summed E-state index contributed by atoms with van der Waals surface area (Å²) in [7, 11) is 2.31. The minimum atomic E-state index is -2.70. The fraction of sp³-hybridized carbons (Fsp3) is 0.846. The molecule has 1 rings (SSSR count). The number of allylic oxidation sites excluding steroid dienone is 1. The zero-order valence-electron chi connectivity index (χ0n) is 12.1. The van der Waals surface area contributed by atoms with Crippen molar-refractivity contribution >= 4 is 8.80 Å². The Morgan fingerprint density at radius 3 is 2.28 bits per heavy atom. The molecule has 1 unspecified atom stereocenters. The second-order valence-corrected chi connectivity index (χ2v) is 7.80. The molecule has 0 aromatic carbocycles. The van der Waals surface area contributed by atoms with E-state index in [4.69, 9.17) is 19.0 Å². The standard InChI is InChI=1S/C13H27NO3Si/c1-11-7-5-6-8-12(11)13(9-10-14)18(15-2,16-3)17-4/h11H,5-10,14H2,1-4H3. The molecule has 0 heterocycles. The van der Waals surface area contributed by atoms with Crippen LogP contribution >= 0.6 is 0 Å². The number of nitrogens with two attached hydrogens (primary N) is 1. The lowest BCUT2D eigenvalue weighted by atomic mass is 9.85. The molecule has 1 atom stereocenters. The summed E-state index contributed by atoms with van der Waals surface area (Å²) in [6.45, 7) is 2.89. The van der Waals surface area contributed by atoms with Crippen molar-refractivity contribution in [2.24, 2.45) is 11.7 Å². The summed E-state index contributed by atoms with van der Waals surface area (Å²) in [6, 6.07) is 0. The highest BCUT2D eigenvalue weighted by molar-refractivity contribution is 6.68. The second kappa shape index (κ2) is 7.40. The van der Waals surface area contributed by atoms with Gasteiger partial charge in [0.05, 0.1) is 0 Å². The van der Waals surface area contributed by atoms with Gasteiger partial charge in [-0.2, -0.15) is 0 Å². The molecule has 0 radical (unpaired) electrons. The van der Waals surface area contributed by atoms with E-state index < -0.39 is 8.80 Å². The lowest BCUT2D eigenvalue weighted by molar-refractivity contribution is 0.132. The highest BCUT2D eigenvalue weighted by atomic mass is 28.4. The van der Waals surface area contributed by atoms with Gasteiger partial charge in [0.15, 0.2) is 0 Å². The Balaban J connectivity index is 3.16. The summed E-state index contributed by atoms with van der Waals surface area (Å²) in [5.41, 5.74) is 7.23. The van der Waals surface area contributed by atoms with Crippen molar-refractivity contribution in [3.05, 3.63) is 10.8 Å². The summed E-state index contributed by atoms with van der Waals surface area (Å²) in [5, 5.41) is 1.21. The first-order valence-corrected chi connectivity index (χ1v) is 8.45. The van der Waals surface area contributed by atoms with E-state index in [-0.39, 0.29) is 0 Å². The molecular formula is C13H27NO3Si. The third kappa shape index (κ3) is 3.22. The van der Waals surface area contributed by atoms with Crippen LogP contribution in [0.15, 0.2) is 10.8 Å². The predicted octanol–water partition coefficient (Wildman–Crippen LogP) is 2.26. The number of rotatable bonds is 6. The molecule has 2 N–H and O–H groups in total. The normalized spacial score (nSPS) is 24.2. The van der Waals surface area contributed by atoms with Gasteiger partial charge in [-0.15, -0.1) is 0 Å². The third-order valence-corrected chi connectivity index (χ3v) is 6.81. The monoisotopic (exact) mass is 273 g/mol. The molecule has 5 heteroatoms. The van der Waals surface area contributed by atoms with Gasteiger partial charge in [0.2, 0.25) is 0 Å². The molecule has 1 fully saturated rings. The largest absolute Gasteiger partial charge is 0.532 e. The summed E-state index contributed by atoms with van der Waals surface area (Å²) in [6.07, 6.45) is 5.73. The number of hydrogen-bond acceptors (Lipinski definition) is 4. The van der Waals surface area contributed by atoms with Crippen LogP contribution in [-0.4, -0.2) is 36.7 Å². The Labute approximate surface area is 112 Å². The van der Waals surface area contributed by atoms with Gasteiger partial charge in [0.25, 0.3) is 0 Å². The van der Waals surface area contributed by atoms with Gasteiger partial charge in [-0.3, -0.25) is 0 Å². The Morgan fingerprint density at radius 2 is 1.83 bits per heavy atom. The van der Waals surface area contributed by atoms with Crippen molar-refractivity contribution in [2.45, 2.75) is 39.0 Å². The summed E-state index contributed by atoms with van der Waals surface area (Å²) in [4.78, 5) is 0. The first-order chi connectivity index (χ1) is 8.65. The van der Waals surface area contributed by atoms with E-state index in [9.17, 15) is 0 Å². The van der Waals surface area contributed by atoms with Crippen molar-refractivity contribution in [1.82, 2.24) is 0 Å². The van der Waals surface area contributed by atoms with E-state index in [1.165, 1.54) is 30.0 Å². The van der Waals surface area contributed by atoms with E-state index in [0.29, 0.717) is 12.5 Å². The topological polar surface area (TPSA) is 53.7 Å². The van der Waals surface area contributed by atoms with E-state index in [2.05, 4.69) is 6.92 Å². The molecule has 0 amide bonds. The quantitative estimate of drug-likeness (QED) is 0.754. The van der Waals surface area contributed by atoms with Gasteiger partial charge in [0, 0.05) is 26.5 Å². The van der Waals surface area contributed by atoms with Crippen molar-refractivity contribution in [1.29, 1.82) is 0 Å². The fourth-order valence-corrected chi connectivity index (χ4v) is 5.36. The summed E-state index contributed by atoms with van der Waals surface area (Å²) in [5.74, 6) is 0.590. The Morgan fingerprint density at radius 1 is 1.22 bits per heavy atom. The second-order valence-electron chi connectivity index (χ2n) is 4.86.